The molecule has 1 unspecified atom stereocenters. The van der Waals surface area contributed by atoms with E-state index in [-0.39, 0.29) is 30.2 Å². The summed E-state index contributed by atoms with van der Waals surface area (Å²) in [6.45, 7) is 2.57. The molecule has 0 bridgehead atoms. The number of piperidine rings is 1. The van der Waals surface area contributed by atoms with Crippen molar-refractivity contribution < 1.29 is 22.3 Å². The van der Waals surface area contributed by atoms with Crippen LogP contribution in [0.5, 0.6) is 11.5 Å². The predicted octanol–water partition coefficient (Wildman–Crippen LogP) is 5.80. The number of hydrogen-bond donors (Lipinski definition) is 3. The van der Waals surface area contributed by atoms with E-state index in [1.165, 1.54) is 29.0 Å². The average Bonchev–Trinajstić information content (AvgIpc) is 3.50. The van der Waals surface area contributed by atoms with Crippen LogP contribution in [0.25, 0.3) is 0 Å². The highest BCUT2D eigenvalue weighted by atomic mass is 35.5. The van der Waals surface area contributed by atoms with E-state index in [2.05, 4.69) is 25.2 Å². The number of rotatable bonds is 11. The smallest absolute Gasteiger partial charge is 0.248 e. The fourth-order valence-electron chi connectivity index (χ4n) is 4.74. The third-order valence-electron chi connectivity index (χ3n) is 6.79. The molecule has 43 heavy (non-hydrogen) atoms. The monoisotopic (exact) mass is 645 g/mol. The van der Waals surface area contributed by atoms with Crippen molar-refractivity contribution >= 4 is 51.0 Å². The number of nitrogens with one attached hydrogen (secondary N) is 3. The minimum atomic E-state index is -3.33. The normalized spacial score (nSPS) is 14.8. The summed E-state index contributed by atoms with van der Waals surface area (Å²) in [5, 5.41) is 8.92. The third kappa shape index (κ3) is 9.73. The summed E-state index contributed by atoms with van der Waals surface area (Å²) in [5.74, 6) is 0.728. The van der Waals surface area contributed by atoms with Gasteiger partial charge in [0, 0.05) is 35.5 Å². The lowest BCUT2D eigenvalue weighted by atomic mass is 10.0. The Morgan fingerprint density at radius 3 is 2.19 bits per heavy atom. The summed E-state index contributed by atoms with van der Waals surface area (Å²) in [6.07, 6.45) is 4.57. The van der Waals surface area contributed by atoms with Gasteiger partial charge in [-0.1, -0.05) is 12.1 Å². The van der Waals surface area contributed by atoms with Gasteiger partial charge in [0.1, 0.15) is 28.4 Å². The van der Waals surface area contributed by atoms with Crippen molar-refractivity contribution in [2.24, 2.45) is 0 Å². The molecule has 1 saturated heterocycles. The van der Waals surface area contributed by atoms with Gasteiger partial charge >= 0.3 is 0 Å². The third-order valence-corrected chi connectivity index (χ3v) is 8.23. The van der Waals surface area contributed by atoms with Gasteiger partial charge in [0.25, 0.3) is 0 Å². The summed E-state index contributed by atoms with van der Waals surface area (Å²) in [6, 6.07) is 19.9. The van der Waals surface area contributed by atoms with Crippen LogP contribution in [-0.2, 0) is 21.4 Å². The Labute approximate surface area is 261 Å². The molecule has 0 saturated carbocycles. The summed E-state index contributed by atoms with van der Waals surface area (Å²) in [7, 11) is -3.33. The number of hydrogen-bond acceptors (Lipinski definition) is 8. The Morgan fingerprint density at radius 2 is 1.60 bits per heavy atom. The lowest BCUT2D eigenvalue weighted by Crippen LogP contribution is -2.46. The number of sulfonamides is 1. The van der Waals surface area contributed by atoms with Crippen molar-refractivity contribution in [3.8, 4) is 11.5 Å². The number of benzene rings is 3. The van der Waals surface area contributed by atoms with E-state index in [4.69, 9.17) is 4.74 Å². The van der Waals surface area contributed by atoms with E-state index in [1.54, 1.807) is 42.6 Å². The van der Waals surface area contributed by atoms with Gasteiger partial charge in [0.15, 0.2) is 0 Å². The molecule has 1 aromatic heterocycles. The van der Waals surface area contributed by atoms with Gasteiger partial charge in [-0.3, -0.25) is 19.7 Å². The number of nitrogens with zero attached hydrogens (tertiary/aromatic N) is 2. The Morgan fingerprint density at radius 1 is 1.00 bits per heavy atom. The first-order valence-corrected chi connectivity index (χ1v) is 16.3. The summed E-state index contributed by atoms with van der Waals surface area (Å²) >= 11 is 1.43. The number of carbonyl (C=O) groups is 1. The van der Waals surface area contributed by atoms with Crippen LogP contribution in [0.4, 0.5) is 15.8 Å². The summed E-state index contributed by atoms with van der Waals surface area (Å²) in [4.78, 5) is 19.9. The van der Waals surface area contributed by atoms with Gasteiger partial charge in [-0.05, 0) is 92.2 Å². The van der Waals surface area contributed by atoms with Crippen LogP contribution in [0.1, 0.15) is 29.5 Å². The molecule has 1 fully saturated rings. The molecule has 0 radical (unpaired) electrons. The van der Waals surface area contributed by atoms with Crippen LogP contribution in [0.15, 0.2) is 84.4 Å². The topological polar surface area (TPSA) is 113 Å². The number of amides is 1. The molecule has 3 N–H and O–H groups in total. The van der Waals surface area contributed by atoms with Crippen molar-refractivity contribution in [1.82, 2.24) is 15.2 Å². The van der Waals surface area contributed by atoms with Crippen molar-refractivity contribution in [2.75, 3.05) is 29.4 Å². The molecular weight excluding hydrogens is 613 g/mol. The molecule has 3 aromatic carbocycles. The molecule has 2 heterocycles. The maximum absolute atomic E-state index is 13.3. The first-order valence-electron chi connectivity index (χ1n) is 13.5. The molecule has 228 valence electrons. The van der Waals surface area contributed by atoms with Crippen LogP contribution in [0, 0.1) is 5.82 Å². The van der Waals surface area contributed by atoms with Crippen molar-refractivity contribution in [3.63, 3.8) is 0 Å². The number of halogens is 2. The number of anilines is 2. The molecule has 1 aliphatic rings. The van der Waals surface area contributed by atoms with Crippen LogP contribution < -0.4 is 20.1 Å². The van der Waals surface area contributed by atoms with Crippen molar-refractivity contribution in [2.45, 2.75) is 31.5 Å². The zero-order chi connectivity index (χ0) is 29.5. The van der Waals surface area contributed by atoms with Crippen molar-refractivity contribution in [1.29, 1.82) is 0 Å². The summed E-state index contributed by atoms with van der Waals surface area (Å²) in [5.41, 5.74) is 2.18. The van der Waals surface area contributed by atoms with Crippen LogP contribution in [0.2, 0.25) is 0 Å². The fraction of sp³-hybridized carbons (Fsp3) is 0.267. The van der Waals surface area contributed by atoms with Gasteiger partial charge in [-0.25, -0.2) is 17.8 Å². The van der Waals surface area contributed by atoms with E-state index in [1.807, 2.05) is 29.6 Å². The average molecular weight is 646 g/mol. The SMILES string of the molecule is CS(=O)(=O)Nc1ccc(Oc2ccc(CN3CCC(NC(C(=O)Nc4ccc(F)cc4)c4nccs4)CC3)cc2)cc1.Cl. The first-order chi connectivity index (χ1) is 20.2. The quantitative estimate of drug-likeness (QED) is 0.189. The first kappa shape index (κ1) is 32.4. The second-order valence-electron chi connectivity index (χ2n) is 10.2. The van der Waals surface area contributed by atoms with Gasteiger partial charge in [0.05, 0.1) is 6.26 Å². The highest BCUT2D eigenvalue weighted by Crippen LogP contribution is 2.25. The van der Waals surface area contributed by atoms with Gasteiger partial charge < -0.3 is 10.1 Å². The van der Waals surface area contributed by atoms with E-state index >= 15 is 0 Å². The van der Waals surface area contributed by atoms with E-state index in [9.17, 15) is 17.6 Å². The molecule has 0 spiro atoms. The standard InChI is InChI=1S/C30H32FN5O4S2.ClH/c1-42(38,39)35-25-8-12-27(13-9-25)40-26-10-2-21(3-11-26)20-36-17-14-24(15-18-36)33-28(30-32-16-19-41-30)29(37)34-23-6-4-22(31)5-7-23;/h2-13,16,19,24,28,33,35H,14-15,17-18,20H2,1H3,(H,34,37);1H. The van der Waals surface area contributed by atoms with Gasteiger partial charge in [-0.2, -0.15) is 0 Å². The maximum atomic E-state index is 13.3. The van der Waals surface area contributed by atoms with E-state index in [0.29, 0.717) is 27.9 Å². The zero-order valence-corrected chi connectivity index (χ0v) is 25.9. The van der Waals surface area contributed by atoms with E-state index < -0.39 is 16.1 Å². The predicted molar refractivity (Wildman–Crippen MR) is 170 cm³/mol. The largest absolute Gasteiger partial charge is 0.457 e. The highest BCUT2D eigenvalue weighted by Gasteiger charge is 2.28. The minimum Gasteiger partial charge on any atom is -0.457 e. The minimum absolute atomic E-state index is 0. The maximum Gasteiger partial charge on any atom is 0.248 e. The fourth-order valence-corrected chi connectivity index (χ4v) is 6.00. The molecule has 1 amide bonds. The molecule has 1 atom stereocenters. The highest BCUT2D eigenvalue weighted by molar-refractivity contribution is 7.92. The second-order valence-corrected chi connectivity index (χ2v) is 12.8. The van der Waals surface area contributed by atoms with E-state index in [0.717, 1.165) is 38.7 Å². The van der Waals surface area contributed by atoms with Gasteiger partial charge in [0.2, 0.25) is 15.9 Å². The number of ether oxygens (including phenoxy) is 1. The Bertz CT molecular complexity index is 1560. The van der Waals surface area contributed by atoms with Crippen LogP contribution in [0.3, 0.4) is 0 Å². The molecule has 4 aromatic rings. The molecule has 13 heteroatoms. The zero-order valence-electron chi connectivity index (χ0n) is 23.4. The summed E-state index contributed by atoms with van der Waals surface area (Å²) < 4.78 is 44.3. The Kier molecular flexibility index (Phi) is 11.1. The Balaban J connectivity index is 0.00000423. The lowest BCUT2D eigenvalue weighted by Gasteiger charge is -2.34. The molecular formula is C30H33ClFN5O4S2. The molecule has 1 aliphatic heterocycles. The second kappa shape index (κ2) is 14.8. The number of aromatic nitrogens is 1. The van der Waals surface area contributed by atoms with Crippen molar-refractivity contribution in [3.05, 3.63) is 101 Å². The molecule has 0 aliphatic carbocycles. The van der Waals surface area contributed by atoms with Crippen LogP contribution >= 0.6 is 23.7 Å². The molecule has 5 rings (SSSR count). The van der Waals surface area contributed by atoms with Crippen LogP contribution in [-0.4, -0.2) is 49.6 Å². The Hall–Kier alpha value is -3.55. The number of thiazole rings is 1. The number of carbonyl (C=O) groups excluding carboxylic acids is 1. The van der Waals surface area contributed by atoms with Gasteiger partial charge in [-0.15, -0.1) is 23.7 Å². The molecule has 9 nitrogen and oxygen atoms in total. The number of likely N-dealkylation sites (tertiary alicyclic amines) is 1. The lowest BCUT2D eigenvalue weighted by molar-refractivity contribution is -0.118.